The fourth-order valence-electron chi connectivity index (χ4n) is 2.68. The first-order valence-corrected chi connectivity index (χ1v) is 9.36. The van der Waals surface area contributed by atoms with E-state index in [0.717, 1.165) is 29.1 Å². The topological polar surface area (TPSA) is 51.7 Å². The van der Waals surface area contributed by atoms with E-state index in [1.165, 1.54) is 30.6 Å². The second kappa shape index (κ2) is 8.47. The molecule has 0 N–H and O–H groups in total. The second-order valence-corrected chi connectivity index (χ2v) is 7.25. The van der Waals surface area contributed by atoms with Crippen molar-refractivity contribution in [1.29, 1.82) is 0 Å². The third kappa shape index (κ3) is 5.26. The molecule has 0 aliphatic heterocycles. The SMILES string of the molecule is COc1cc(CN(C(=O)/C=C/c2csc(C)n2)C2CC2)ccc1OC(F)F. The minimum Gasteiger partial charge on any atom is -0.493 e. The smallest absolute Gasteiger partial charge is 0.387 e. The first kappa shape index (κ1) is 19.3. The van der Waals surface area contributed by atoms with Gasteiger partial charge in [0.2, 0.25) is 5.91 Å². The molecule has 0 radical (unpaired) electrons. The lowest BCUT2D eigenvalue weighted by Crippen LogP contribution is -2.31. The monoisotopic (exact) mass is 394 g/mol. The van der Waals surface area contributed by atoms with Gasteiger partial charge < -0.3 is 14.4 Å². The standard InChI is InChI=1S/C19H20F2N2O3S/c1-12-22-14(11-27-12)4-8-18(24)23(15-5-6-15)10-13-3-7-16(26-19(20)21)17(9-13)25-2/h3-4,7-9,11,15,19H,5-6,10H2,1-2H3/b8-4+. The molecule has 0 atom stereocenters. The van der Waals surface area contributed by atoms with Gasteiger partial charge in [0.15, 0.2) is 11.5 Å². The van der Waals surface area contributed by atoms with Gasteiger partial charge in [-0.2, -0.15) is 8.78 Å². The van der Waals surface area contributed by atoms with Crippen LogP contribution in [-0.2, 0) is 11.3 Å². The summed E-state index contributed by atoms with van der Waals surface area (Å²) in [5, 5.41) is 2.84. The maximum Gasteiger partial charge on any atom is 0.387 e. The molecule has 0 unspecified atom stereocenters. The van der Waals surface area contributed by atoms with Crippen LogP contribution in [0.2, 0.25) is 0 Å². The molecule has 1 fully saturated rings. The first-order valence-electron chi connectivity index (χ1n) is 8.49. The number of methoxy groups -OCH3 is 1. The van der Waals surface area contributed by atoms with E-state index in [9.17, 15) is 13.6 Å². The summed E-state index contributed by atoms with van der Waals surface area (Å²) in [5.41, 5.74) is 1.54. The lowest BCUT2D eigenvalue weighted by Gasteiger charge is -2.21. The van der Waals surface area contributed by atoms with E-state index in [0.29, 0.717) is 6.54 Å². The Labute approximate surface area is 160 Å². The molecule has 1 aromatic heterocycles. The summed E-state index contributed by atoms with van der Waals surface area (Å²) in [6.45, 7) is -0.640. The van der Waals surface area contributed by atoms with E-state index >= 15 is 0 Å². The van der Waals surface area contributed by atoms with E-state index in [1.54, 1.807) is 23.1 Å². The number of carbonyl (C=O) groups is 1. The third-order valence-corrected chi connectivity index (χ3v) is 4.89. The van der Waals surface area contributed by atoms with Crippen molar-refractivity contribution >= 4 is 23.3 Å². The molecule has 1 aliphatic rings. The summed E-state index contributed by atoms with van der Waals surface area (Å²) in [5.74, 6) is 0.0823. The zero-order chi connectivity index (χ0) is 19.4. The number of halogens is 2. The molecule has 144 valence electrons. The second-order valence-electron chi connectivity index (χ2n) is 6.19. The lowest BCUT2D eigenvalue weighted by atomic mass is 10.1. The third-order valence-electron chi connectivity index (χ3n) is 4.10. The van der Waals surface area contributed by atoms with Gasteiger partial charge in [0.25, 0.3) is 0 Å². The van der Waals surface area contributed by atoms with Crippen molar-refractivity contribution in [2.24, 2.45) is 0 Å². The molecule has 3 rings (SSSR count). The Morgan fingerprint density at radius 2 is 2.19 bits per heavy atom. The van der Waals surface area contributed by atoms with E-state index < -0.39 is 6.61 Å². The summed E-state index contributed by atoms with van der Waals surface area (Å²) in [7, 11) is 1.39. The van der Waals surface area contributed by atoms with Crippen molar-refractivity contribution in [3.05, 3.63) is 45.9 Å². The Morgan fingerprint density at radius 3 is 2.78 bits per heavy atom. The fourth-order valence-corrected chi connectivity index (χ4v) is 3.26. The van der Waals surface area contributed by atoms with Crippen molar-refractivity contribution in [1.82, 2.24) is 9.88 Å². The molecule has 0 spiro atoms. The highest BCUT2D eigenvalue weighted by Crippen LogP contribution is 2.32. The van der Waals surface area contributed by atoms with Gasteiger partial charge in [-0.15, -0.1) is 11.3 Å². The molecular formula is C19H20F2N2O3S. The van der Waals surface area contributed by atoms with Crippen molar-refractivity contribution in [2.45, 2.75) is 39.0 Å². The molecule has 2 aromatic rings. The van der Waals surface area contributed by atoms with Crippen LogP contribution in [0.5, 0.6) is 11.5 Å². The average molecular weight is 394 g/mol. The molecule has 1 saturated carbocycles. The van der Waals surface area contributed by atoms with Gasteiger partial charge in [0, 0.05) is 24.0 Å². The van der Waals surface area contributed by atoms with Crippen LogP contribution in [0.1, 0.15) is 29.1 Å². The van der Waals surface area contributed by atoms with Gasteiger partial charge in [0.1, 0.15) is 0 Å². The minimum atomic E-state index is -2.92. The van der Waals surface area contributed by atoms with Crippen LogP contribution < -0.4 is 9.47 Å². The Kier molecular flexibility index (Phi) is 6.05. The zero-order valence-corrected chi connectivity index (χ0v) is 15.8. The first-order chi connectivity index (χ1) is 13.0. The number of nitrogens with zero attached hydrogens (tertiary/aromatic N) is 2. The Balaban J connectivity index is 1.72. The molecule has 1 heterocycles. The normalized spacial score (nSPS) is 14.0. The Bertz CT molecular complexity index is 834. The molecule has 1 amide bonds. The van der Waals surface area contributed by atoms with Crippen molar-refractivity contribution in [3.63, 3.8) is 0 Å². The van der Waals surface area contributed by atoms with E-state index in [4.69, 9.17) is 4.74 Å². The summed E-state index contributed by atoms with van der Waals surface area (Å²) in [6.07, 6.45) is 5.15. The largest absolute Gasteiger partial charge is 0.493 e. The van der Waals surface area contributed by atoms with Crippen LogP contribution in [0.3, 0.4) is 0 Å². The highest BCUT2D eigenvalue weighted by atomic mass is 32.1. The number of ether oxygens (including phenoxy) is 2. The van der Waals surface area contributed by atoms with Crippen LogP contribution in [0, 0.1) is 6.92 Å². The van der Waals surface area contributed by atoms with Gasteiger partial charge in [-0.1, -0.05) is 6.07 Å². The average Bonchev–Trinajstić information content (AvgIpc) is 3.39. The Morgan fingerprint density at radius 1 is 1.41 bits per heavy atom. The van der Waals surface area contributed by atoms with Gasteiger partial charge in [-0.25, -0.2) is 4.98 Å². The van der Waals surface area contributed by atoms with E-state index in [1.807, 2.05) is 12.3 Å². The zero-order valence-electron chi connectivity index (χ0n) is 15.0. The van der Waals surface area contributed by atoms with Gasteiger partial charge in [-0.3, -0.25) is 4.79 Å². The van der Waals surface area contributed by atoms with Gasteiger partial charge in [0.05, 0.1) is 17.8 Å². The highest BCUT2D eigenvalue weighted by Gasteiger charge is 2.31. The molecule has 0 saturated heterocycles. The maximum atomic E-state index is 12.6. The highest BCUT2D eigenvalue weighted by molar-refractivity contribution is 7.09. The van der Waals surface area contributed by atoms with Gasteiger partial charge in [-0.05, 0) is 43.5 Å². The van der Waals surface area contributed by atoms with Crippen LogP contribution in [0.25, 0.3) is 6.08 Å². The van der Waals surface area contributed by atoms with E-state index in [-0.39, 0.29) is 23.4 Å². The lowest BCUT2D eigenvalue weighted by molar-refractivity contribution is -0.127. The minimum absolute atomic E-state index is 0.0284. The quantitative estimate of drug-likeness (QED) is 0.628. The summed E-state index contributed by atoms with van der Waals surface area (Å²) >= 11 is 1.53. The van der Waals surface area contributed by atoms with Crippen LogP contribution in [-0.4, -0.2) is 35.6 Å². The summed E-state index contributed by atoms with van der Waals surface area (Å²) < 4.78 is 34.5. The van der Waals surface area contributed by atoms with Gasteiger partial charge >= 0.3 is 6.61 Å². The molecule has 0 bridgehead atoms. The van der Waals surface area contributed by atoms with Crippen molar-refractivity contribution < 1.29 is 23.0 Å². The number of thiazole rings is 1. The van der Waals surface area contributed by atoms with Crippen molar-refractivity contribution in [3.8, 4) is 11.5 Å². The summed E-state index contributed by atoms with van der Waals surface area (Å²) in [4.78, 5) is 18.7. The van der Waals surface area contributed by atoms with Crippen LogP contribution in [0.4, 0.5) is 8.78 Å². The Hall–Kier alpha value is -2.48. The molecule has 1 aliphatic carbocycles. The number of aromatic nitrogens is 1. The van der Waals surface area contributed by atoms with Crippen molar-refractivity contribution in [2.75, 3.05) is 7.11 Å². The molecule has 1 aromatic carbocycles. The summed E-state index contributed by atoms with van der Waals surface area (Å²) in [6, 6.07) is 4.91. The fraction of sp³-hybridized carbons (Fsp3) is 0.368. The number of hydrogen-bond donors (Lipinski definition) is 0. The van der Waals surface area contributed by atoms with Crippen LogP contribution in [0.15, 0.2) is 29.7 Å². The molecule has 8 heteroatoms. The maximum absolute atomic E-state index is 12.6. The number of aryl methyl sites for hydroxylation is 1. The number of amides is 1. The number of hydrogen-bond acceptors (Lipinski definition) is 5. The number of benzene rings is 1. The van der Waals surface area contributed by atoms with E-state index in [2.05, 4.69) is 9.72 Å². The number of carbonyl (C=O) groups excluding carboxylic acids is 1. The predicted molar refractivity (Wildman–Crippen MR) is 99.1 cm³/mol. The molecular weight excluding hydrogens is 374 g/mol. The molecule has 5 nitrogen and oxygen atoms in total. The number of rotatable bonds is 8. The molecule has 27 heavy (non-hydrogen) atoms. The number of alkyl halides is 2. The van der Waals surface area contributed by atoms with Crippen LogP contribution >= 0.6 is 11.3 Å². The predicted octanol–water partition coefficient (Wildman–Crippen LogP) is 4.27.